The summed E-state index contributed by atoms with van der Waals surface area (Å²) in [5.74, 6) is 0.255. The number of ketones is 2. The lowest BCUT2D eigenvalue weighted by molar-refractivity contribution is -0.271. The maximum Gasteiger partial charge on any atom is 0.338 e. The van der Waals surface area contributed by atoms with Crippen LogP contribution in [0.1, 0.15) is 82.1 Å². The predicted octanol–water partition coefficient (Wildman–Crippen LogP) is 7.55. The monoisotopic (exact) mass is 716 g/mol. The van der Waals surface area contributed by atoms with Crippen LogP contribution in [0.15, 0.2) is 78.9 Å². The summed E-state index contributed by atoms with van der Waals surface area (Å²) in [6.45, 7) is 8.87. The molecule has 0 radical (unpaired) electrons. The first-order valence-electron chi connectivity index (χ1n) is 18.2. The molecule has 280 valence electrons. The molecule has 0 amide bonds. The van der Waals surface area contributed by atoms with Crippen LogP contribution in [0.5, 0.6) is 5.75 Å². The molecule has 1 heterocycles. The molecule has 0 bridgehead atoms. The molecular weight excluding hydrogens is 664 g/mol. The van der Waals surface area contributed by atoms with E-state index in [0.717, 1.165) is 16.7 Å². The topological polar surface area (TPSA) is 124 Å². The van der Waals surface area contributed by atoms with Crippen LogP contribution < -0.4 is 4.74 Å². The number of ether oxygens (including phenoxy) is 6. The minimum Gasteiger partial charge on any atom is -0.486 e. The molecule has 10 nitrogen and oxygen atoms in total. The van der Waals surface area contributed by atoms with Crippen LogP contribution in [-0.4, -0.2) is 68.4 Å². The Kier molecular flexibility index (Phi) is 16.5. The van der Waals surface area contributed by atoms with Gasteiger partial charge in [-0.1, -0.05) is 68.4 Å². The second-order valence-electron chi connectivity index (χ2n) is 13.3. The number of Topliss-reactive ketones (excluding diaryl/α,β-unsaturated/α-hetero) is 2. The van der Waals surface area contributed by atoms with Gasteiger partial charge in [-0.25, -0.2) is 4.79 Å². The molecule has 0 aliphatic carbocycles. The van der Waals surface area contributed by atoms with Crippen LogP contribution >= 0.6 is 0 Å². The lowest BCUT2D eigenvalue weighted by Crippen LogP contribution is -2.51. The minimum atomic E-state index is -0.639. The van der Waals surface area contributed by atoms with E-state index < -0.39 is 12.4 Å². The molecule has 0 N–H and O–H groups in total. The summed E-state index contributed by atoms with van der Waals surface area (Å²) < 4.78 is 34.1. The summed E-state index contributed by atoms with van der Waals surface area (Å²) in [5.41, 5.74) is 3.17. The van der Waals surface area contributed by atoms with Gasteiger partial charge >= 0.3 is 11.9 Å². The van der Waals surface area contributed by atoms with E-state index >= 15 is 0 Å². The average Bonchev–Trinajstić information content (AvgIpc) is 3.15. The molecular formula is C42H52O10. The van der Waals surface area contributed by atoms with Gasteiger partial charge in [0.05, 0.1) is 18.3 Å². The lowest BCUT2D eigenvalue weighted by Gasteiger charge is -2.42. The molecule has 52 heavy (non-hydrogen) atoms. The zero-order valence-corrected chi connectivity index (χ0v) is 30.8. The van der Waals surface area contributed by atoms with Crippen molar-refractivity contribution in [2.45, 2.75) is 91.3 Å². The number of esters is 2. The molecule has 5 atom stereocenters. The fourth-order valence-corrected chi connectivity index (χ4v) is 5.93. The summed E-state index contributed by atoms with van der Waals surface area (Å²) >= 11 is 0. The number of benzene rings is 3. The van der Waals surface area contributed by atoms with E-state index in [9.17, 15) is 19.2 Å². The summed E-state index contributed by atoms with van der Waals surface area (Å²) in [5, 5.41) is 0. The highest BCUT2D eigenvalue weighted by molar-refractivity contribution is 5.91. The molecule has 0 aromatic heterocycles. The summed E-state index contributed by atoms with van der Waals surface area (Å²) in [7, 11) is 0. The molecule has 3 aromatic rings. The van der Waals surface area contributed by atoms with E-state index in [1.54, 1.807) is 24.3 Å². The third-order valence-electron chi connectivity index (χ3n) is 9.28. The highest BCUT2D eigenvalue weighted by Gasteiger charge is 2.42. The Morgan fingerprint density at radius 2 is 1.38 bits per heavy atom. The van der Waals surface area contributed by atoms with E-state index in [2.05, 4.69) is 6.92 Å². The Labute approximate surface area is 307 Å². The standard InChI is InChI=1S/C42H52O10/c1-29-30(2)40(52-32(4)43)42(51-31(29)3)48-25-11-17-37(44)16-9-23-47-24-10-18-38(45)28-49-39-21-19-34(20-22-39)35-14-8-15-36(26-35)41(46)50-27-33-12-6-5-7-13-33/h5-8,12-15,19-22,26,29-31,40,42H,9-11,16-18,23-25,27-28H2,1-4H3/t29?,30-,31-,40-,42?/m0/s1. The van der Waals surface area contributed by atoms with E-state index in [-0.39, 0.29) is 54.7 Å². The summed E-state index contributed by atoms with van der Waals surface area (Å²) in [6.07, 6.45) is 1.76. The largest absolute Gasteiger partial charge is 0.486 e. The molecule has 3 aromatic carbocycles. The van der Waals surface area contributed by atoms with Gasteiger partial charge in [-0.3, -0.25) is 14.4 Å². The molecule has 1 saturated heterocycles. The molecule has 0 spiro atoms. The van der Waals surface area contributed by atoms with E-state index in [4.69, 9.17) is 28.4 Å². The Morgan fingerprint density at radius 1 is 0.712 bits per heavy atom. The molecule has 1 aliphatic heterocycles. The van der Waals surface area contributed by atoms with Crippen molar-refractivity contribution in [3.8, 4) is 16.9 Å². The fourth-order valence-electron chi connectivity index (χ4n) is 5.93. The normalized spacial score (nSPS) is 19.8. The number of hydrogen-bond acceptors (Lipinski definition) is 10. The molecule has 1 aliphatic rings. The maximum atomic E-state index is 12.6. The number of carbonyl (C=O) groups excluding carboxylic acids is 4. The van der Waals surface area contributed by atoms with Gasteiger partial charge in [-0.05, 0) is 73.1 Å². The summed E-state index contributed by atoms with van der Waals surface area (Å²) in [6, 6.07) is 24.2. The maximum absolute atomic E-state index is 12.6. The van der Waals surface area contributed by atoms with Crippen LogP contribution in [-0.2, 0) is 44.7 Å². The van der Waals surface area contributed by atoms with Crippen molar-refractivity contribution in [1.29, 1.82) is 0 Å². The summed E-state index contributed by atoms with van der Waals surface area (Å²) in [4.78, 5) is 48.8. The predicted molar refractivity (Wildman–Crippen MR) is 196 cm³/mol. The quantitative estimate of drug-likeness (QED) is 0.0807. The second kappa shape index (κ2) is 21.2. The zero-order valence-electron chi connectivity index (χ0n) is 30.8. The Hall–Kier alpha value is -4.38. The van der Waals surface area contributed by atoms with Crippen LogP contribution in [0.25, 0.3) is 11.1 Å². The van der Waals surface area contributed by atoms with Crippen molar-refractivity contribution in [2.24, 2.45) is 11.8 Å². The Bertz CT molecular complexity index is 1570. The van der Waals surface area contributed by atoms with Gasteiger partial charge in [0, 0.05) is 45.3 Å². The third-order valence-corrected chi connectivity index (χ3v) is 9.28. The first kappa shape index (κ1) is 40.4. The SMILES string of the molecule is CC(=O)O[C@@H]1C(OCCCC(=O)CCCOCCCC(=O)COc2ccc(-c3cccc(C(=O)OCc4ccccc4)c3)cc2)O[C@@H](C)C(C)[C@@H]1C. The van der Waals surface area contributed by atoms with Crippen molar-refractivity contribution in [2.75, 3.05) is 26.4 Å². The van der Waals surface area contributed by atoms with Crippen molar-refractivity contribution in [3.63, 3.8) is 0 Å². The Balaban J connectivity index is 1.03. The fraction of sp³-hybridized carbons (Fsp3) is 0.476. The van der Waals surface area contributed by atoms with Gasteiger partial charge in [0.15, 0.2) is 18.2 Å². The number of hydrogen-bond donors (Lipinski definition) is 0. The van der Waals surface area contributed by atoms with E-state index in [0.29, 0.717) is 69.7 Å². The van der Waals surface area contributed by atoms with E-state index in [1.807, 2.05) is 68.4 Å². The smallest absolute Gasteiger partial charge is 0.338 e. The van der Waals surface area contributed by atoms with Gasteiger partial charge < -0.3 is 28.4 Å². The van der Waals surface area contributed by atoms with Crippen molar-refractivity contribution in [1.82, 2.24) is 0 Å². The number of rotatable bonds is 21. The van der Waals surface area contributed by atoms with Crippen molar-refractivity contribution >= 4 is 23.5 Å². The molecule has 1 fully saturated rings. The van der Waals surface area contributed by atoms with Crippen LogP contribution in [0.4, 0.5) is 0 Å². The van der Waals surface area contributed by atoms with Crippen LogP contribution in [0, 0.1) is 11.8 Å². The first-order valence-corrected chi connectivity index (χ1v) is 18.2. The average molecular weight is 717 g/mol. The van der Waals surface area contributed by atoms with Crippen molar-refractivity contribution in [3.05, 3.63) is 90.0 Å². The molecule has 2 unspecified atom stereocenters. The van der Waals surface area contributed by atoms with E-state index in [1.165, 1.54) is 6.92 Å². The van der Waals surface area contributed by atoms with Gasteiger partial charge in [0.1, 0.15) is 24.7 Å². The molecule has 0 saturated carbocycles. The van der Waals surface area contributed by atoms with Gasteiger partial charge in [0.2, 0.25) is 0 Å². The van der Waals surface area contributed by atoms with Crippen LogP contribution in [0.2, 0.25) is 0 Å². The Morgan fingerprint density at radius 3 is 2.08 bits per heavy atom. The molecule has 10 heteroatoms. The van der Waals surface area contributed by atoms with Gasteiger partial charge in [-0.2, -0.15) is 0 Å². The molecule has 4 rings (SSSR count). The first-order chi connectivity index (χ1) is 25.1. The zero-order chi connectivity index (χ0) is 37.3. The second-order valence-corrected chi connectivity index (χ2v) is 13.3. The highest BCUT2D eigenvalue weighted by atomic mass is 16.7. The van der Waals surface area contributed by atoms with Gasteiger partial charge in [-0.15, -0.1) is 0 Å². The highest BCUT2D eigenvalue weighted by Crippen LogP contribution is 2.33. The van der Waals surface area contributed by atoms with Crippen LogP contribution in [0.3, 0.4) is 0 Å². The lowest BCUT2D eigenvalue weighted by atomic mass is 9.84. The third kappa shape index (κ3) is 13.3. The van der Waals surface area contributed by atoms with Gasteiger partial charge in [0.25, 0.3) is 0 Å². The minimum absolute atomic E-state index is 0.0210. The van der Waals surface area contributed by atoms with Crippen molar-refractivity contribution < 1.29 is 47.6 Å². The number of carbonyl (C=O) groups is 4.